The molecule has 0 saturated heterocycles. The van der Waals surface area contributed by atoms with Crippen molar-refractivity contribution in [2.45, 2.75) is 6.54 Å². The summed E-state index contributed by atoms with van der Waals surface area (Å²) in [6.45, 7) is 0.732. The second-order valence-corrected chi connectivity index (χ2v) is 5.14. The summed E-state index contributed by atoms with van der Waals surface area (Å²) < 4.78 is 2.03. The van der Waals surface area contributed by atoms with Crippen molar-refractivity contribution in [3.05, 3.63) is 77.0 Å². The first-order valence-corrected chi connectivity index (χ1v) is 6.81. The first kappa shape index (κ1) is 11.9. The molecule has 0 spiro atoms. The molecule has 2 aromatic carbocycles. The maximum Gasteiger partial charge on any atom is 0.273 e. The van der Waals surface area contributed by atoms with Gasteiger partial charge in [-0.1, -0.05) is 42.5 Å². The Balaban J connectivity index is 1.83. The van der Waals surface area contributed by atoms with Crippen LogP contribution in [0.4, 0.5) is 0 Å². The Morgan fingerprint density at radius 3 is 2.71 bits per heavy atom. The van der Waals surface area contributed by atoms with Crippen LogP contribution in [0.15, 0.2) is 65.8 Å². The summed E-state index contributed by atoms with van der Waals surface area (Å²) in [5.74, 6) is 0. The van der Waals surface area contributed by atoms with Crippen LogP contribution in [-0.4, -0.2) is 14.8 Å². The number of fused-ring (bicyclic) bond motifs is 2. The minimum Gasteiger partial charge on any atom is -0.348 e. The van der Waals surface area contributed by atoms with Crippen molar-refractivity contribution in [2.75, 3.05) is 0 Å². The van der Waals surface area contributed by atoms with Crippen molar-refractivity contribution in [3.8, 4) is 0 Å². The number of aromatic amines is 1. The Morgan fingerprint density at radius 1 is 0.952 bits per heavy atom. The normalized spacial score (nSPS) is 11.2. The average molecular weight is 275 g/mol. The zero-order chi connectivity index (χ0) is 14.2. The van der Waals surface area contributed by atoms with Crippen LogP contribution in [-0.2, 0) is 6.54 Å². The lowest BCUT2D eigenvalue weighted by atomic mass is 10.0. The van der Waals surface area contributed by atoms with Gasteiger partial charge in [0, 0.05) is 24.3 Å². The fourth-order valence-corrected chi connectivity index (χ4v) is 2.76. The highest BCUT2D eigenvalue weighted by Crippen LogP contribution is 2.20. The molecule has 4 rings (SSSR count). The monoisotopic (exact) mass is 275 g/mol. The molecule has 0 bridgehead atoms. The van der Waals surface area contributed by atoms with Crippen molar-refractivity contribution in [1.82, 2.24) is 14.8 Å². The van der Waals surface area contributed by atoms with E-state index in [0.29, 0.717) is 5.39 Å². The van der Waals surface area contributed by atoms with E-state index >= 15 is 0 Å². The van der Waals surface area contributed by atoms with Crippen molar-refractivity contribution < 1.29 is 0 Å². The number of aromatic nitrogens is 3. The lowest BCUT2D eigenvalue weighted by Crippen LogP contribution is -2.05. The van der Waals surface area contributed by atoms with Gasteiger partial charge >= 0.3 is 0 Å². The summed E-state index contributed by atoms with van der Waals surface area (Å²) in [6, 6.07) is 14.6. The van der Waals surface area contributed by atoms with Gasteiger partial charge < -0.3 is 4.57 Å². The molecule has 0 aliphatic heterocycles. The van der Waals surface area contributed by atoms with E-state index in [-0.39, 0.29) is 5.56 Å². The van der Waals surface area contributed by atoms with Crippen LogP contribution in [0.1, 0.15) is 5.56 Å². The van der Waals surface area contributed by atoms with Crippen LogP contribution >= 0.6 is 0 Å². The highest BCUT2D eigenvalue weighted by Gasteiger charge is 2.05. The number of rotatable bonds is 2. The van der Waals surface area contributed by atoms with E-state index in [0.717, 1.165) is 11.9 Å². The topological polar surface area (TPSA) is 50.7 Å². The Labute approximate surface area is 120 Å². The molecule has 0 unspecified atom stereocenters. The van der Waals surface area contributed by atoms with E-state index in [1.807, 2.05) is 29.1 Å². The van der Waals surface area contributed by atoms with Crippen LogP contribution in [0.2, 0.25) is 0 Å². The van der Waals surface area contributed by atoms with Gasteiger partial charge in [0.2, 0.25) is 0 Å². The Bertz CT molecular complexity index is 992. The summed E-state index contributed by atoms with van der Waals surface area (Å²) in [4.78, 5) is 11.7. The van der Waals surface area contributed by atoms with Gasteiger partial charge in [-0.25, -0.2) is 5.10 Å². The molecule has 1 N–H and O–H groups in total. The SMILES string of the molecule is O=c1[nH]ncc2cn(Cc3cccc4ccccc34)cc12. The summed E-state index contributed by atoms with van der Waals surface area (Å²) in [6.07, 6.45) is 5.51. The van der Waals surface area contributed by atoms with Crippen LogP contribution in [0.25, 0.3) is 21.5 Å². The lowest BCUT2D eigenvalue weighted by molar-refractivity contribution is 0.815. The van der Waals surface area contributed by atoms with Gasteiger partial charge in [0.1, 0.15) is 0 Å². The van der Waals surface area contributed by atoms with E-state index in [9.17, 15) is 4.79 Å². The van der Waals surface area contributed by atoms with Crippen molar-refractivity contribution in [3.63, 3.8) is 0 Å². The molecule has 2 aromatic heterocycles. The van der Waals surface area contributed by atoms with Gasteiger partial charge in [0.05, 0.1) is 11.6 Å². The van der Waals surface area contributed by atoms with E-state index in [2.05, 4.69) is 40.5 Å². The predicted molar refractivity (Wildman–Crippen MR) is 83.4 cm³/mol. The predicted octanol–water partition coefficient (Wildman–Crippen LogP) is 2.93. The molecule has 4 nitrogen and oxygen atoms in total. The Kier molecular flexibility index (Phi) is 2.60. The minimum atomic E-state index is -0.149. The third-order valence-electron chi connectivity index (χ3n) is 3.76. The molecule has 0 fully saturated rings. The van der Waals surface area contributed by atoms with E-state index in [1.54, 1.807) is 6.20 Å². The maximum atomic E-state index is 11.7. The number of hydrogen-bond donors (Lipinski definition) is 1. The molecule has 0 aliphatic carbocycles. The second-order valence-electron chi connectivity index (χ2n) is 5.14. The van der Waals surface area contributed by atoms with Gasteiger partial charge in [0.25, 0.3) is 5.56 Å². The highest BCUT2D eigenvalue weighted by molar-refractivity contribution is 5.86. The van der Waals surface area contributed by atoms with Crippen molar-refractivity contribution in [1.29, 1.82) is 0 Å². The lowest BCUT2D eigenvalue weighted by Gasteiger charge is -2.07. The van der Waals surface area contributed by atoms with Gasteiger partial charge in [-0.05, 0) is 16.3 Å². The summed E-state index contributed by atoms with van der Waals surface area (Å²) >= 11 is 0. The zero-order valence-electron chi connectivity index (χ0n) is 11.3. The number of hydrogen-bond acceptors (Lipinski definition) is 2. The first-order valence-electron chi connectivity index (χ1n) is 6.81. The van der Waals surface area contributed by atoms with Gasteiger partial charge in [-0.2, -0.15) is 5.10 Å². The summed E-state index contributed by atoms with van der Waals surface area (Å²) in [7, 11) is 0. The van der Waals surface area contributed by atoms with Crippen LogP contribution in [0.3, 0.4) is 0 Å². The third-order valence-corrected chi connectivity index (χ3v) is 3.76. The van der Waals surface area contributed by atoms with Gasteiger partial charge in [-0.15, -0.1) is 0 Å². The molecule has 4 heteroatoms. The first-order chi connectivity index (χ1) is 10.3. The summed E-state index contributed by atoms with van der Waals surface area (Å²) in [5.41, 5.74) is 1.09. The molecule has 21 heavy (non-hydrogen) atoms. The molecule has 0 amide bonds. The zero-order valence-corrected chi connectivity index (χ0v) is 11.3. The van der Waals surface area contributed by atoms with Crippen LogP contribution in [0, 0.1) is 0 Å². The Hall–Kier alpha value is -2.88. The van der Waals surface area contributed by atoms with Crippen molar-refractivity contribution >= 4 is 21.5 Å². The second kappa shape index (κ2) is 4.59. The highest BCUT2D eigenvalue weighted by atomic mass is 16.1. The molecule has 0 aliphatic rings. The molecule has 2 heterocycles. The van der Waals surface area contributed by atoms with Crippen molar-refractivity contribution in [2.24, 2.45) is 0 Å². The van der Waals surface area contributed by atoms with E-state index in [1.165, 1.54) is 16.3 Å². The smallest absolute Gasteiger partial charge is 0.273 e. The largest absolute Gasteiger partial charge is 0.348 e. The average Bonchev–Trinajstić information content (AvgIpc) is 2.92. The Morgan fingerprint density at radius 2 is 1.81 bits per heavy atom. The quantitative estimate of drug-likeness (QED) is 0.611. The van der Waals surface area contributed by atoms with Gasteiger partial charge in [-0.3, -0.25) is 4.79 Å². The third kappa shape index (κ3) is 2.01. The molecule has 102 valence electrons. The maximum absolute atomic E-state index is 11.7. The number of benzene rings is 2. The molecule has 0 atom stereocenters. The number of nitrogens with zero attached hydrogens (tertiary/aromatic N) is 2. The molecule has 0 saturated carbocycles. The molecular formula is C17H13N3O. The molecule has 4 aromatic rings. The number of nitrogens with one attached hydrogen (secondary N) is 1. The van der Waals surface area contributed by atoms with E-state index in [4.69, 9.17) is 0 Å². The van der Waals surface area contributed by atoms with Crippen LogP contribution < -0.4 is 5.56 Å². The fourth-order valence-electron chi connectivity index (χ4n) is 2.76. The van der Waals surface area contributed by atoms with Gasteiger partial charge in [0.15, 0.2) is 0 Å². The minimum absolute atomic E-state index is 0.149. The van der Waals surface area contributed by atoms with E-state index < -0.39 is 0 Å². The molecule has 0 radical (unpaired) electrons. The standard InChI is InChI=1S/C17H13N3O/c21-17-16-11-20(10-14(16)8-18-19-17)9-13-6-3-5-12-4-1-2-7-15(12)13/h1-8,10-11H,9H2,(H,19,21). The number of H-pyrrole nitrogens is 1. The molecular weight excluding hydrogens is 262 g/mol. The summed E-state index contributed by atoms with van der Waals surface area (Å²) in [5, 5.41) is 10.3. The van der Waals surface area contributed by atoms with Crippen LogP contribution in [0.5, 0.6) is 0 Å². The fraction of sp³-hybridized carbons (Fsp3) is 0.0588.